The number of rotatable bonds is 5. The van der Waals surface area contributed by atoms with E-state index in [9.17, 15) is 0 Å². The molecule has 0 heterocycles. The van der Waals surface area contributed by atoms with Crippen molar-refractivity contribution in [2.45, 2.75) is 20.3 Å². The lowest BCUT2D eigenvalue weighted by molar-refractivity contribution is 0.393. The average Bonchev–Trinajstić information content (AvgIpc) is 1.84. The van der Waals surface area contributed by atoms with E-state index in [1.807, 2.05) is 6.92 Å². The van der Waals surface area contributed by atoms with Crippen LogP contribution >= 0.6 is 28.3 Å². The summed E-state index contributed by atoms with van der Waals surface area (Å²) in [6.45, 7) is 4.75. The van der Waals surface area contributed by atoms with E-state index < -0.39 is 4.67 Å². The van der Waals surface area contributed by atoms with Crippen LogP contribution in [0, 0.1) is 0 Å². The highest BCUT2D eigenvalue weighted by Gasteiger charge is 2.09. The van der Waals surface area contributed by atoms with Crippen molar-refractivity contribution in [1.29, 1.82) is 0 Å². The molecule has 1 atom stereocenters. The normalized spacial score (nSPS) is 16.7. The monoisotopic (exact) mass is 216 g/mol. The van der Waals surface area contributed by atoms with Crippen LogP contribution in [-0.2, 0) is 16.3 Å². The highest BCUT2D eigenvalue weighted by atomic mass is 33.2. The standard InChI is InChI=1S/C5H13OPS3/c1-3-5-10-7(8,9)6-4-2/h3-5H2,1-2H3,(H,8,9). The maximum absolute atomic E-state index is 5.28. The molecule has 5 heteroatoms. The molecule has 0 radical (unpaired) electrons. The van der Waals surface area contributed by atoms with Gasteiger partial charge in [0, 0.05) is 5.75 Å². The fourth-order valence-corrected chi connectivity index (χ4v) is 5.07. The minimum Gasteiger partial charge on any atom is -0.334 e. The second-order valence-corrected chi connectivity index (χ2v) is 11.4. The van der Waals surface area contributed by atoms with Gasteiger partial charge >= 0.3 is 0 Å². The molecule has 62 valence electrons. The summed E-state index contributed by atoms with van der Waals surface area (Å²) in [6.07, 6.45) is 1.14. The van der Waals surface area contributed by atoms with Crippen molar-refractivity contribution < 1.29 is 4.52 Å². The lowest BCUT2D eigenvalue weighted by Crippen LogP contribution is -1.80. The molecule has 0 saturated heterocycles. The minimum absolute atomic E-state index is 0.678. The molecule has 0 aromatic heterocycles. The maximum Gasteiger partial charge on any atom is 0.171 e. The third-order valence-corrected chi connectivity index (χ3v) is 6.75. The summed E-state index contributed by atoms with van der Waals surface area (Å²) in [7, 11) is 0. The zero-order chi connectivity index (χ0) is 8.04. The summed E-state index contributed by atoms with van der Waals surface area (Å²) < 4.78 is 3.52. The van der Waals surface area contributed by atoms with Crippen LogP contribution in [0.2, 0.25) is 0 Å². The Balaban J connectivity index is 3.53. The highest BCUT2D eigenvalue weighted by molar-refractivity contribution is 8.95. The van der Waals surface area contributed by atoms with E-state index in [1.165, 1.54) is 0 Å². The summed E-state index contributed by atoms with van der Waals surface area (Å²) in [6, 6.07) is 0. The first-order chi connectivity index (χ1) is 4.62. The van der Waals surface area contributed by atoms with Gasteiger partial charge in [-0.15, -0.1) is 12.2 Å². The number of hydrogen-bond acceptors (Lipinski definition) is 3. The van der Waals surface area contributed by atoms with Gasteiger partial charge in [-0.25, -0.2) is 0 Å². The zero-order valence-corrected chi connectivity index (χ0v) is 9.66. The minimum atomic E-state index is -1.76. The molecule has 0 aliphatic rings. The van der Waals surface area contributed by atoms with Crippen LogP contribution < -0.4 is 0 Å². The van der Waals surface area contributed by atoms with Crippen molar-refractivity contribution in [3.05, 3.63) is 0 Å². The molecule has 0 aliphatic heterocycles. The molecule has 10 heavy (non-hydrogen) atoms. The van der Waals surface area contributed by atoms with Gasteiger partial charge in [0.2, 0.25) is 0 Å². The van der Waals surface area contributed by atoms with Gasteiger partial charge in [-0.1, -0.05) is 18.3 Å². The summed E-state index contributed by atoms with van der Waals surface area (Å²) in [5, 5.41) is 0. The second kappa shape index (κ2) is 5.90. The molecule has 0 aromatic carbocycles. The maximum atomic E-state index is 5.28. The molecular formula is C5H13OPS3. The average molecular weight is 216 g/mol. The number of thiol groups is 1. The molecule has 0 aromatic rings. The molecule has 0 bridgehead atoms. The zero-order valence-electron chi connectivity index (χ0n) is 6.24. The molecule has 0 N–H and O–H groups in total. The molecular weight excluding hydrogens is 203 g/mol. The van der Waals surface area contributed by atoms with E-state index in [1.54, 1.807) is 11.4 Å². The van der Waals surface area contributed by atoms with Crippen LogP contribution in [0.25, 0.3) is 0 Å². The Hall–Kier alpha value is 1.31. The molecule has 0 spiro atoms. The fraction of sp³-hybridized carbons (Fsp3) is 1.00. The largest absolute Gasteiger partial charge is 0.334 e. The van der Waals surface area contributed by atoms with Gasteiger partial charge in [0.15, 0.2) is 4.67 Å². The molecule has 0 amide bonds. The van der Waals surface area contributed by atoms with E-state index in [0.717, 1.165) is 12.2 Å². The lowest BCUT2D eigenvalue weighted by atomic mass is 10.6. The van der Waals surface area contributed by atoms with Gasteiger partial charge < -0.3 is 4.52 Å². The van der Waals surface area contributed by atoms with Gasteiger partial charge in [-0.2, -0.15) is 0 Å². The molecule has 0 saturated carbocycles. The van der Waals surface area contributed by atoms with E-state index in [-0.39, 0.29) is 0 Å². The first-order valence-electron chi connectivity index (χ1n) is 3.24. The Bertz CT molecular complexity index is 128. The quantitative estimate of drug-likeness (QED) is 0.558. The first kappa shape index (κ1) is 11.3. The Morgan fingerprint density at radius 3 is 2.60 bits per heavy atom. The van der Waals surface area contributed by atoms with Crippen LogP contribution in [0.3, 0.4) is 0 Å². The molecule has 0 rings (SSSR count). The lowest BCUT2D eigenvalue weighted by Gasteiger charge is -2.12. The van der Waals surface area contributed by atoms with Crippen LogP contribution in [0.4, 0.5) is 0 Å². The van der Waals surface area contributed by atoms with E-state index in [4.69, 9.17) is 16.3 Å². The third-order valence-electron chi connectivity index (χ3n) is 0.751. The number of hydrogen-bond donors (Lipinski definition) is 1. The molecule has 0 aliphatic carbocycles. The first-order valence-corrected chi connectivity index (χ1v) is 8.70. The van der Waals surface area contributed by atoms with Crippen LogP contribution in [-0.4, -0.2) is 12.4 Å². The van der Waals surface area contributed by atoms with E-state index >= 15 is 0 Å². The summed E-state index contributed by atoms with van der Waals surface area (Å²) in [4.78, 5) is 0. The van der Waals surface area contributed by atoms with E-state index in [0.29, 0.717) is 6.61 Å². The summed E-state index contributed by atoms with van der Waals surface area (Å²) in [5.74, 6) is 1.06. The Kier molecular flexibility index (Phi) is 6.67. The van der Waals surface area contributed by atoms with Crippen molar-refractivity contribution in [3.63, 3.8) is 0 Å². The molecule has 0 fully saturated rings. The van der Waals surface area contributed by atoms with Crippen LogP contribution in [0.5, 0.6) is 0 Å². The topological polar surface area (TPSA) is 9.23 Å². The third kappa shape index (κ3) is 6.05. The van der Waals surface area contributed by atoms with Crippen molar-refractivity contribution >= 4 is 40.1 Å². The van der Waals surface area contributed by atoms with Gasteiger partial charge in [0.25, 0.3) is 0 Å². The van der Waals surface area contributed by atoms with Gasteiger partial charge in [-0.3, -0.25) is 0 Å². The Labute approximate surface area is 77.3 Å². The SMILES string of the molecule is CCCSP(=S)(S)OCC. The molecule has 1 unspecified atom stereocenters. The van der Waals surface area contributed by atoms with Crippen molar-refractivity contribution in [1.82, 2.24) is 0 Å². The van der Waals surface area contributed by atoms with Crippen LogP contribution in [0.1, 0.15) is 20.3 Å². The predicted molar refractivity (Wildman–Crippen MR) is 57.6 cm³/mol. The van der Waals surface area contributed by atoms with Crippen molar-refractivity contribution in [3.8, 4) is 0 Å². The summed E-state index contributed by atoms with van der Waals surface area (Å²) >= 11 is 11.1. The second-order valence-electron chi connectivity index (χ2n) is 1.72. The Morgan fingerprint density at radius 1 is 1.60 bits per heavy atom. The van der Waals surface area contributed by atoms with Crippen LogP contribution in [0.15, 0.2) is 0 Å². The Morgan fingerprint density at radius 2 is 2.20 bits per heavy atom. The fourth-order valence-electron chi connectivity index (χ4n) is 0.407. The van der Waals surface area contributed by atoms with Crippen molar-refractivity contribution in [2.24, 2.45) is 0 Å². The van der Waals surface area contributed by atoms with Crippen molar-refractivity contribution in [2.75, 3.05) is 12.4 Å². The predicted octanol–water partition coefficient (Wildman–Crippen LogP) is 3.32. The van der Waals surface area contributed by atoms with Gasteiger partial charge in [0.05, 0.1) is 6.61 Å². The smallest absolute Gasteiger partial charge is 0.171 e. The van der Waals surface area contributed by atoms with Gasteiger partial charge in [0.1, 0.15) is 0 Å². The summed E-state index contributed by atoms with van der Waals surface area (Å²) in [5.41, 5.74) is 0. The van der Waals surface area contributed by atoms with E-state index in [2.05, 4.69) is 19.2 Å². The highest BCUT2D eigenvalue weighted by Crippen LogP contribution is 2.64. The van der Waals surface area contributed by atoms with Gasteiger partial charge in [-0.05, 0) is 25.2 Å². The molecule has 1 nitrogen and oxygen atoms in total.